The van der Waals surface area contributed by atoms with Crippen molar-refractivity contribution in [3.05, 3.63) is 0 Å². The van der Waals surface area contributed by atoms with Crippen molar-refractivity contribution in [1.82, 2.24) is 0 Å². The van der Waals surface area contributed by atoms with Crippen LogP contribution in [0.4, 0.5) is 0 Å². The van der Waals surface area contributed by atoms with Gasteiger partial charge < -0.3 is 197 Å². The molecule has 0 heterocycles. The monoisotopic (exact) mass is 2730 g/mol. The van der Waals surface area contributed by atoms with Crippen molar-refractivity contribution in [3.63, 3.8) is 0 Å². The molecule has 36 nitrogen and oxygen atoms in total. The minimum atomic E-state index is 0. The van der Waals surface area contributed by atoms with Crippen LogP contribution in [-0.2, 0) is 408 Å². The van der Waals surface area contributed by atoms with E-state index in [0.717, 1.165) is 0 Å². The molecule has 0 bridgehead atoms. The van der Waals surface area contributed by atoms with Gasteiger partial charge in [0, 0.05) is 211 Å². The maximum absolute atomic E-state index is 0. The van der Waals surface area contributed by atoms with Crippen LogP contribution in [0.3, 0.4) is 0 Å². The third-order valence-electron chi connectivity index (χ3n) is 0. The summed E-state index contributed by atoms with van der Waals surface area (Å²) >= 11 is 0. The van der Waals surface area contributed by atoms with E-state index < -0.39 is 0 Å². The van der Waals surface area contributed by atoms with Gasteiger partial charge in [-0.25, -0.2) is 0 Å². The van der Waals surface area contributed by atoms with Crippen LogP contribution in [0.5, 0.6) is 0 Å². The quantitative estimate of drug-likeness (QED) is 0.204. The molecule has 0 spiro atoms. The largest absolute Gasteiger partial charge is 3.00 e. The van der Waals surface area contributed by atoms with Gasteiger partial charge in [-0.3, -0.25) is 0 Å². The summed E-state index contributed by atoms with van der Waals surface area (Å²) in [6, 6.07) is 0. The van der Waals surface area contributed by atoms with E-state index >= 15 is 0 Å². The van der Waals surface area contributed by atoms with Crippen LogP contribution in [0, 0.1) is 49.4 Å². The summed E-state index contributed by atoms with van der Waals surface area (Å²) in [7, 11) is 0. The topological polar surface area (TPSA) is 1030 Å². The molecule has 0 atom stereocenters. The molecule has 54 heteroatoms. The van der Waals surface area contributed by atoms with Crippen LogP contribution in [0.1, 0.15) is 2.85 Å². The minimum Gasteiger partial charge on any atom is -2.00 e. The predicted molar refractivity (Wildman–Crippen MR) is 26.9 cm³/mol. The molecule has 352 valence electrons. The first-order valence-electron chi connectivity index (χ1n) is 0. The molecule has 0 aliphatic carbocycles. The van der Waals surface area contributed by atoms with Gasteiger partial charge >= 0.3 is 259 Å². The van der Waals surface area contributed by atoms with Crippen LogP contribution in [-0.4, -0.2) is 0 Å². The van der Waals surface area contributed by atoms with Gasteiger partial charge in [0.15, 0.2) is 0 Å². The van der Waals surface area contributed by atoms with E-state index in [1.54, 1.807) is 0 Å². The fourth-order valence-corrected chi connectivity index (χ4v) is 0. The summed E-state index contributed by atoms with van der Waals surface area (Å²) in [6.07, 6.45) is 0. The van der Waals surface area contributed by atoms with Crippen LogP contribution in [0.25, 0.3) is 0 Å². The average Bonchev–Trinajstić information content (AvgIpc) is 0. The van der Waals surface area contributed by atoms with Gasteiger partial charge in [-0.05, 0) is 0 Å². The predicted octanol–water partition coefficient (Wildman–Crippen LogP) is -25.0. The van der Waals surface area contributed by atoms with Gasteiger partial charge in [-0.1, -0.05) is 0 Å². The molecule has 0 rings (SSSR count). The van der Waals surface area contributed by atoms with E-state index in [2.05, 4.69) is 0 Å². The molecule has 0 N–H and O–H groups in total. The van der Waals surface area contributed by atoms with Crippen LogP contribution < -0.4 is 207 Å². The van der Waals surface area contributed by atoms with Gasteiger partial charge in [0.2, 0.25) is 0 Å². The molecule has 0 aliphatic rings. The molecule has 0 aliphatic heterocycles. The van der Waals surface area contributed by atoms with Crippen molar-refractivity contribution < 1.29 is 667 Å². The zero-order valence-electron chi connectivity index (χ0n) is 28.2. The molecule has 0 amide bonds. The zero-order valence-corrected chi connectivity index (χ0v) is 71.9. The third-order valence-corrected chi connectivity index (χ3v) is 0. The van der Waals surface area contributed by atoms with Crippen LogP contribution in [0.15, 0.2) is 0 Å². The second kappa shape index (κ2) is 1490. The van der Waals surface area contributed by atoms with Gasteiger partial charge in [0.05, 0.1) is 0 Å². The van der Waals surface area contributed by atoms with E-state index in [1.807, 2.05) is 0 Å². The Labute approximate surface area is 651 Å². The molecule has 0 fully saturated rings. The van der Waals surface area contributed by atoms with Crippen molar-refractivity contribution in [2.24, 2.45) is 0 Å². The summed E-state index contributed by atoms with van der Waals surface area (Å²) in [4.78, 5) is 0. The molecule has 0 saturated carbocycles. The zero-order chi connectivity index (χ0) is 0. The second-order valence-electron chi connectivity index (χ2n) is 0. The van der Waals surface area contributed by atoms with E-state index in [0.29, 0.717) is 0 Å². The Balaban J connectivity index is 0. The first-order valence-corrected chi connectivity index (χ1v) is 0. The number of hydrogen-bond donors (Lipinski definition) is 0. The van der Waals surface area contributed by atoms with Crippen molar-refractivity contribution >= 4 is 0 Å². The number of rotatable bonds is 0. The van der Waals surface area contributed by atoms with E-state index in [1.165, 1.54) is 0 Å². The molecule has 0 saturated heterocycles. The van der Waals surface area contributed by atoms with Crippen molar-refractivity contribution in [2.75, 3.05) is 0 Å². The fourth-order valence-electron chi connectivity index (χ4n) is 0. The summed E-state index contributed by atoms with van der Waals surface area (Å²) < 4.78 is 0. The van der Waals surface area contributed by atoms with Gasteiger partial charge in [0.25, 0.3) is 0 Å². The van der Waals surface area contributed by atoms with Crippen molar-refractivity contribution in [2.45, 2.75) is 0 Å². The Bertz CT molecular complexity index is 84.2. The standard InChI is InChI=1S/Eu.7Na.36O.10W/q+3;7*+1;36*-2;;;;;;;;;;/p+2. The summed E-state index contributed by atoms with van der Waals surface area (Å²) in [5.41, 5.74) is 0. The summed E-state index contributed by atoms with van der Waals surface area (Å²) in [5, 5.41) is 0. The van der Waals surface area contributed by atoms with Gasteiger partial charge in [-0.2, -0.15) is 0 Å². The molecule has 0 radical (unpaired) electrons. The molecule has 0 aromatic heterocycles. The second-order valence-corrected chi connectivity index (χ2v) is 0. The van der Waals surface area contributed by atoms with Gasteiger partial charge in [0.1, 0.15) is 0 Å². The summed E-state index contributed by atoms with van der Waals surface area (Å²) in [6.45, 7) is 0. The molecule has 0 unspecified atom stereocenters. The minimum absolute atomic E-state index is 0. The normalized spacial score (nSPS) is 0. The van der Waals surface area contributed by atoms with E-state index in [-0.39, 0.29) is 667 Å². The molecule has 0 aromatic rings. The fraction of sp³-hybridized carbons (Fsp3) is 0. The molecule has 0 aromatic carbocycles. The van der Waals surface area contributed by atoms with Crippen molar-refractivity contribution in [1.29, 1.82) is 0 Å². The van der Waals surface area contributed by atoms with Crippen molar-refractivity contribution in [3.8, 4) is 0 Å². The molecule has 54 heavy (non-hydrogen) atoms. The smallest absolute Gasteiger partial charge is 2.00 e. The number of hydrogen-bond acceptors (Lipinski definition) is 0. The van der Waals surface area contributed by atoms with E-state index in [4.69, 9.17) is 0 Å². The average molecular weight is 2730 g/mol. The molecular formula is H2EuNa7O36W10-60. The Morgan fingerprint density at radius 1 is 0.0926 bits per heavy atom. The Kier molecular flexibility index (Phi) is 42700. The third kappa shape index (κ3) is 1420. The Hall–Kier alpha value is 14.0. The van der Waals surface area contributed by atoms with Crippen LogP contribution >= 0.6 is 0 Å². The summed E-state index contributed by atoms with van der Waals surface area (Å²) in [5.74, 6) is 0. The Morgan fingerprint density at radius 2 is 0.0926 bits per heavy atom. The first-order chi connectivity index (χ1) is 0. The molecular weight excluding hydrogens is 2730 g/mol. The first kappa shape index (κ1) is 1550. The Morgan fingerprint density at radius 3 is 0.0926 bits per heavy atom. The van der Waals surface area contributed by atoms with Crippen LogP contribution in [0.2, 0.25) is 0 Å². The SMILES string of the molecule is [Eu+3].[H+].[H+].[Na+].[Na+].[Na+].[Na+].[Na+].[Na+].[Na+].[O-2].[O-2].[O-2].[O-2].[O-2].[O-2].[O-2].[O-2].[O-2].[O-2].[O-2].[O-2].[O-2].[O-2].[O-2].[O-2].[O-2].[O-2].[O-2].[O-2].[O-2].[O-2].[O-2].[O-2].[O-2].[O-2].[O-2].[O-2].[O-2].[O-2].[O-2].[O-2].[O-2].[O-2].[O-2].[O-2].[W].[W].[W].[W].[W].[W].[W].[W].[W].[W]. The maximum atomic E-state index is 0. The van der Waals surface area contributed by atoms with E-state index in [9.17, 15) is 0 Å². The maximum Gasteiger partial charge on any atom is 3.00 e. The van der Waals surface area contributed by atoms with Gasteiger partial charge in [-0.15, -0.1) is 0 Å².